The summed E-state index contributed by atoms with van der Waals surface area (Å²) in [6.07, 6.45) is 2.62. The quantitative estimate of drug-likeness (QED) is 0.839. The molecule has 0 spiro atoms. The normalized spacial score (nSPS) is 10.8. The van der Waals surface area contributed by atoms with Crippen molar-refractivity contribution in [3.05, 3.63) is 29.0 Å². The number of carbonyl (C=O) groups is 1. The van der Waals surface area contributed by atoms with Crippen LogP contribution in [0.25, 0.3) is 0 Å². The molecule has 108 valence electrons. The summed E-state index contributed by atoms with van der Waals surface area (Å²) in [6.45, 7) is 4.45. The monoisotopic (exact) mass is 277 g/mol. The van der Waals surface area contributed by atoms with Gasteiger partial charge in [0.2, 0.25) is 0 Å². The first-order valence-electron chi connectivity index (χ1n) is 6.40. The van der Waals surface area contributed by atoms with E-state index in [0.717, 1.165) is 17.1 Å². The van der Waals surface area contributed by atoms with Crippen molar-refractivity contribution in [3.63, 3.8) is 0 Å². The molecule has 0 fully saturated rings. The predicted molar refractivity (Wildman–Crippen MR) is 74.4 cm³/mol. The Morgan fingerprint density at radius 3 is 2.70 bits per heavy atom. The number of methoxy groups -OCH3 is 1. The summed E-state index contributed by atoms with van der Waals surface area (Å²) in [5, 5.41) is 4.30. The van der Waals surface area contributed by atoms with Gasteiger partial charge in [-0.3, -0.25) is 4.68 Å². The molecule has 0 amide bonds. The fourth-order valence-electron chi connectivity index (χ4n) is 2.18. The predicted octanol–water partition coefficient (Wildman–Crippen LogP) is 0.905. The maximum absolute atomic E-state index is 11.6. The van der Waals surface area contributed by atoms with E-state index in [0.29, 0.717) is 18.8 Å². The Morgan fingerprint density at radius 1 is 1.50 bits per heavy atom. The van der Waals surface area contributed by atoms with E-state index in [1.54, 1.807) is 4.68 Å². The summed E-state index contributed by atoms with van der Waals surface area (Å²) in [5.41, 5.74) is 8.18. The summed E-state index contributed by atoms with van der Waals surface area (Å²) < 4.78 is 8.28. The van der Waals surface area contributed by atoms with Crippen LogP contribution in [0.2, 0.25) is 0 Å². The minimum absolute atomic E-state index is 0.172. The Labute approximate surface area is 117 Å². The van der Waals surface area contributed by atoms with Crippen LogP contribution >= 0.6 is 0 Å². The molecule has 0 aliphatic rings. The van der Waals surface area contributed by atoms with E-state index in [1.165, 1.54) is 7.11 Å². The Balaban J connectivity index is 2.43. The number of imidazole rings is 1. The second-order valence-electron chi connectivity index (χ2n) is 4.61. The highest BCUT2D eigenvalue weighted by Crippen LogP contribution is 2.19. The summed E-state index contributed by atoms with van der Waals surface area (Å²) in [4.78, 5) is 15.9. The van der Waals surface area contributed by atoms with Crippen molar-refractivity contribution in [3.8, 4) is 0 Å². The molecule has 0 aliphatic carbocycles. The standard InChI is InChI=1S/C13H19N5O2/c1-5-10-15-11(13(19)20-4)12(14)18(10)7-9-6-17(3)16-8(9)2/h6H,5,7,14H2,1-4H3. The van der Waals surface area contributed by atoms with E-state index < -0.39 is 5.97 Å². The Bertz CT molecular complexity index is 641. The average molecular weight is 277 g/mol. The third-order valence-corrected chi connectivity index (χ3v) is 3.22. The van der Waals surface area contributed by atoms with Gasteiger partial charge < -0.3 is 15.0 Å². The number of rotatable bonds is 4. The van der Waals surface area contributed by atoms with Crippen molar-refractivity contribution in [2.45, 2.75) is 26.8 Å². The second-order valence-corrected chi connectivity index (χ2v) is 4.61. The fourth-order valence-corrected chi connectivity index (χ4v) is 2.18. The molecule has 2 rings (SSSR count). The van der Waals surface area contributed by atoms with Crippen LogP contribution in [-0.4, -0.2) is 32.4 Å². The van der Waals surface area contributed by atoms with Crippen LogP contribution in [0.5, 0.6) is 0 Å². The molecular weight excluding hydrogens is 258 g/mol. The highest BCUT2D eigenvalue weighted by molar-refractivity contribution is 5.92. The first-order valence-corrected chi connectivity index (χ1v) is 6.40. The maximum Gasteiger partial charge on any atom is 0.360 e. The van der Waals surface area contributed by atoms with Crippen LogP contribution < -0.4 is 5.73 Å². The molecule has 0 unspecified atom stereocenters. The second kappa shape index (κ2) is 5.36. The number of nitrogens with zero attached hydrogens (tertiary/aromatic N) is 4. The van der Waals surface area contributed by atoms with Crippen molar-refractivity contribution in [2.75, 3.05) is 12.8 Å². The minimum atomic E-state index is -0.515. The lowest BCUT2D eigenvalue weighted by Crippen LogP contribution is -2.10. The summed E-state index contributed by atoms with van der Waals surface area (Å²) in [5.74, 6) is 0.571. The Hall–Kier alpha value is -2.31. The van der Waals surface area contributed by atoms with E-state index in [1.807, 2.05) is 31.7 Å². The minimum Gasteiger partial charge on any atom is -0.464 e. The first kappa shape index (κ1) is 14.1. The number of nitrogen functional groups attached to an aromatic ring is 1. The van der Waals surface area contributed by atoms with E-state index in [9.17, 15) is 4.79 Å². The van der Waals surface area contributed by atoms with E-state index in [2.05, 4.69) is 10.1 Å². The molecule has 20 heavy (non-hydrogen) atoms. The molecule has 0 bridgehead atoms. The highest BCUT2D eigenvalue weighted by Gasteiger charge is 2.21. The van der Waals surface area contributed by atoms with Gasteiger partial charge in [0, 0.05) is 25.2 Å². The van der Waals surface area contributed by atoms with E-state index in [4.69, 9.17) is 10.5 Å². The number of esters is 1. The van der Waals surface area contributed by atoms with Gasteiger partial charge in [0.15, 0.2) is 5.69 Å². The van der Waals surface area contributed by atoms with Crippen molar-refractivity contribution >= 4 is 11.8 Å². The van der Waals surface area contributed by atoms with Gasteiger partial charge in [-0.25, -0.2) is 9.78 Å². The van der Waals surface area contributed by atoms with E-state index >= 15 is 0 Å². The third kappa shape index (κ3) is 2.38. The van der Waals surface area contributed by atoms with E-state index in [-0.39, 0.29) is 5.69 Å². The van der Waals surface area contributed by atoms with Crippen molar-refractivity contribution in [1.82, 2.24) is 19.3 Å². The molecule has 2 heterocycles. The molecule has 2 N–H and O–H groups in total. The molecule has 0 aliphatic heterocycles. The highest BCUT2D eigenvalue weighted by atomic mass is 16.5. The smallest absolute Gasteiger partial charge is 0.360 e. The fraction of sp³-hybridized carbons (Fsp3) is 0.462. The lowest BCUT2D eigenvalue weighted by Gasteiger charge is -2.07. The van der Waals surface area contributed by atoms with Gasteiger partial charge in [-0.05, 0) is 6.92 Å². The number of carbonyl (C=O) groups excluding carboxylic acids is 1. The van der Waals surface area contributed by atoms with Crippen LogP contribution in [-0.2, 0) is 24.8 Å². The zero-order valence-corrected chi connectivity index (χ0v) is 12.2. The van der Waals surface area contributed by atoms with Gasteiger partial charge in [0.1, 0.15) is 11.6 Å². The number of aryl methyl sites for hydroxylation is 3. The SMILES string of the molecule is CCc1nc(C(=O)OC)c(N)n1Cc1cn(C)nc1C. The zero-order chi connectivity index (χ0) is 14.9. The molecule has 7 heteroatoms. The molecule has 0 atom stereocenters. The molecule has 2 aromatic heterocycles. The van der Waals surface area contributed by atoms with Crippen LogP contribution in [0.4, 0.5) is 5.82 Å². The Kier molecular flexibility index (Phi) is 3.78. The first-order chi connectivity index (χ1) is 9.47. The third-order valence-electron chi connectivity index (χ3n) is 3.22. The molecule has 2 aromatic rings. The summed E-state index contributed by atoms with van der Waals surface area (Å²) >= 11 is 0. The lowest BCUT2D eigenvalue weighted by molar-refractivity contribution is 0.0595. The number of hydrogen-bond donors (Lipinski definition) is 1. The van der Waals surface area contributed by atoms with Crippen molar-refractivity contribution < 1.29 is 9.53 Å². The largest absolute Gasteiger partial charge is 0.464 e. The van der Waals surface area contributed by atoms with Gasteiger partial charge in [-0.2, -0.15) is 5.10 Å². The molecular formula is C13H19N5O2. The van der Waals surface area contributed by atoms with Crippen molar-refractivity contribution in [1.29, 1.82) is 0 Å². The van der Waals surface area contributed by atoms with Gasteiger partial charge in [-0.1, -0.05) is 6.92 Å². The molecule has 0 saturated carbocycles. The van der Waals surface area contributed by atoms with Crippen LogP contribution in [0.15, 0.2) is 6.20 Å². The number of nitrogens with two attached hydrogens (primary N) is 1. The molecule has 7 nitrogen and oxygen atoms in total. The summed E-state index contributed by atoms with van der Waals surface area (Å²) in [7, 11) is 3.19. The zero-order valence-electron chi connectivity index (χ0n) is 12.2. The topological polar surface area (TPSA) is 88.0 Å². The lowest BCUT2D eigenvalue weighted by atomic mass is 10.2. The number of hydrogen-bond acceptors (Lipinski definition) is 5. The summed E-state index contributed by atoms with van der Waals surface area (Å²) in [6, 6.07) is 0. The average Bonchev–Trinajstić information content (AvgIpc) is 2.90. The van der Waals surface area contributed by atoms with Gasteiger partial charge in [-0.15, -0.1) is 0 Å². The van der Waals surface area contributed by atoms with Gasteiger partial charge in [0.05, 0.1) is 19.3 Å². The molecule has 0 radical (unpaired) electrons. The Morgan fingerprint density at radius 2 is 2.20 bits per heavy atom. The number of anilines is 1. The van der Waals surface area contributed by atoms with Crippen molar-refractivity contribution in [2.24, 2.45) is 7.05 Å². The maximum atomic E-state index is 11.6. The number of aromatic nitrogens is 4. The molecule has 0 aromatic carbocycles. The van der Waals surface area contributed by atoms with Gasteiger partial charge >= 0.3 is 5.97 Å². The van der Waals surface area contributed by atoms with Crippen LogP contribution in [0.3, 0.4) is 0 Å². The molecule has 0 saturated heterocycles. The van der Waals surface area contributed by atoms with Crippen LogP contribution in [0.1, 0.15) is 34.5 Å². The van der Waals surface area contributed by atoms with Crippen LogP contribution in [0, 0.1) is 6.92 Å². The van der Waals surface area contributed by atoms with Gasteiger partial charge in [0.25, 0.3) is 0 Å². The number of ether oxygens (including phenoxy) is 1.